The number of rotatable bonds is 2. The number of methoxy groups -OCH3 is 1. The molecule has 1 saturated heterocycles. The van der Waals surface area contributed by atoms with Gasteiger partial charge in [0.1, 0.15) is 5.75 Å². The minimum Gasteiger partial charge on any atom is -0.495 e. The Morgan fingerprint density at radius 3 is 2.69 bits per heavy atom. The number of para-hydroxylation sites is 2. The molecule has 2 rings (SSSR count). The quantitative estimate of drug-likeness (QED) is 0.729. The van der Waals surface area contributed by atoms with Crippen LogP contribution < -0.4 is 15.4 Å². The van der Waals surface area contributed by atoms with Gasteiger partial charge in [-0.1, -0.05) is 12.1 Å². The van der Waals surface area contributed by atoms with E-state index in [0.29, 0.717) is 6.04 Å². The normalized spacial score (nSPS) is 16.9. The first kappa shape index (κ1) is 8.38. The first-order valence-electron chi connectivity index (χ1n) is 4.45. The zero-order valence-corrected chi connectivity index (χ0v) is 7.73. The number of nitrogens with zero attached hydrogens (tertiary/aromatic N) is 1. The van der Waals surface area contributed by atoms with Crippen LogP contribution in [0.4, 0.5) is 5.69 Å². The van der Waals surface area contributed by atoms with Gasteiger partial charge in [-0.15, -0.1) is 0 Å². The molecule has 1 fully saturated rings. The monoisotopic (exact) mass is 178 g/mol. The Morgan fingerprint density at radius 1 is 1.38 bits per heavy atom. The van der Waals surface area contributed by atoms with E-state index in [1.807, 2.05) is 18.2 Å². The van der Waals surface area contributed by atoms with E-state index in [1.54, 1.807) is 7.11 Å². The molecule has 0 atom stereocenters. The summed E-state index contributed by atoms with van der Waals surface area (Å²) in [6.07, 6.45) is 0. The number of anilines is 1. The van der Waals surface area contributed by atoms with Crippen LogP contribution in [0.1, 0.15) is 0 Å². The Hall–Kier alpha value is -1.22. The summed E-state index contributed by atoms with van der Waals surface area (Å²) in [6.45, 7) is 1.86. The van der Waals surface area contributed by atoms with Crippen molar-refractivity contribution < 1.29 is 4.74 Å². The molecule has 0 amide bonds. The topological polar surface area (TPSA) is 38.5 Å². The van der Waals surface area contributed by atoms with Gasteiger partial charge in [-0.2, -0.15) is 0 Å². The molecule has 1 aliphatic heterocycles. The number of hydrogen-bond donors (Lipinski definition) is 1. The second-order valence-corrected chi connectivity index (χ2v) is 3.34. The molecular weight excluding hydrogens is 164 g/mol. The standard InChI is InChI=1S/C10H14N2O/c1-13-10-5-3-2-4-9(10)12-6-8(11)7-12/h2-5,8H,6-7,11H2,1H3. The summed E-state index contributed by atoms with van der Waals surface area (Å²) >= 11 is 0. The lowest BCUT2D eigenvalue weighted by atomic mass is 10.1. The molecular formula is C10H14N2O. The van der Waals surface area contributed by atoms with Crippen molar-refractivity contribution in [3.05, 3.63) is 24.3 Å². The highest BCUT2D eigenvalue weighted by molar-refractivity contribution is 5.60. The Bertz CT molecular complexity index is 295. The van der Waals surface area contributed by atoms with Crippen LogP contribution in [0.15, 0.2) is 24.3 Å². The second kappa shape index (κ2) is 3.26. The average molecular weight is 178 g/mol. The van der Waals surface area contributed by atoms with E-state index in [-0.39, 0.29) is 0 Å². The van der Waals surface area contributed by atoms with Crippen molar-refractivity contribution in [2.45, 2.75) is 6.04 Å². The fourth-order valence-corrected chi connectivity index (χ4v) is 1.60. The molecule has 3 heteroatoms. The van der Waals surface area contributed by atoms with Gasteiger partial charge in [0, 0.05) is 19.1 Å². The maximum atomic E-state index is 5.72. The zero-order valence-electron chi connectivity index (χ0n) is 7.73. The minimum atomic E-state index is 0.324. The third-order valence-electron chi connectivity index (χ3n) is 2.34. The van der Waals surface area contributed by atoms with Crippen molar-refractivity contribution in [3.63, 3.8) is 0 Å². The number of ether oxygens (including phenoxy) is 1. The Morgan fingerprint density at radius 2 is 2.08 bits per heavy atom. The summed E-state index contributed by atoms with van der Waals surface area (Å²) in [4.78, 5) is 2.23. The third-order valence-corrected chi connectivity index (χ3v) is 2.34. The van der Waals surface area contributed by atoms with Gasteiger partial charge in [-0.3, -0.25) is 0 Å². The largest absolute Gasteiger partial charge is 0.495 e. The Balaban J connectivity index is 2.19. The van der Waals surface area contributed by atoms with Crippen LogP contribution in [0.5, 0.6) is 5.75 Å². The Kier molecular flexibility index (Phi) is 2.10. The molecule has 1 heterocycles. The van der Waals surface area contributed by atoms with Crippen LogP contribution in [0.2, 0.25) is 0 Å². The van der Waals surface area contributed by atoms with Gasteiger partial charge < -0.3 is 15.4 Å². The highest BCUT2D eigenvalue weighted by Gasteiger charge is 2.24. The van der Waals surface area contributed by atoms with Gasteiger partial charge in [0.15, 0.2) is 0 Å². The molecule has 2 N–H and O–H groups in total. The predicted molar refractivity (Wildman–Crippen MR) is 53.2 cm³/mol. The van der Waals surface area contributed by atoms with E-state index in [2.05, 4.69) is 11.0 Å². The molecule has 0 spiro atoms. The van der Waals surface area contributed by atoms with Gasteiger partial charge in [0.2, 0.25) is 0 Å². The lowest BCUT2D eigenvalue weighted by Crippen LogP contribution is -2.55. The molecule has 3 nitrogen and oxygen atoms in total. The summed E-state index contributed by atoms with van der Waals surface area (Å²) < 4.78 is 5.25. The van der Waals surface area contributed by atoms with Gasteiger partial charge in [0.25, 0.3) is 0 Å². The fraction of sp³-hybridized carbons (Fsp3) is 0.400. The van der Waals surface area contributed by atoms with Gasteiger partial charge >= 0.3 is 0 Å². The van der Waals surface area contributed by atoms with Crippen molar-refractivity contribution in [2.75, 3.05) is 25.1 Å². The van der Waals surface area contributed by atoms with E-state index >= 15 is 0 Å². The minimum absolute atomic E-state index is 0.324. The first-order valence-corrected chi connectivity index (χ1v) is 4.45. The van der Waals surface area contributed by atoms with Crippen LogP contribution in [-0.4, -0.2) is 26.2 Å². The Labute approximate surface area is 78.1 Å². The molecule has 0 aliphatic carbocycles. The average Bonchev–Trinajstić information content (AvgIpc) is 2.13. The van der Waals surface area contributed by atoms with Crippen molar-refractivity contribution in [1.29, 1.82) is 0 Å². The molecule has 13 heavy (non-hydrogen) atoms. The van der Waals surface area contributed by atoms with Crippen LogP contribution in [0.25, 0.3) is 0 Å². The first-order chi connectivity index (χ1) is 6.31. The molecule has 0 saturated carbocycles. The van der Waals surface area contributed by atoms with Crippen molar-refractivity contribution >= 4 is 5.69 Å². The van der Waals surface area contributed by atoms with E-state index in [9.17, 15) is 0 Å². The summed E-state index contributed by atoms with van der Waals surface area (Å²) in [5.41, 5.74) is 6.86. The predicted octanol–water partition coefficient (Wildman–Crippen LogP) is 0.842. The van der Waals surface area contributed by atoms with E-state index in [0.717, 1.165) is 24.5 Å². The summed E-state index contributed by atoms with van der Waals surface area (Å²) in [6, 6.07) is 8.35. The third kappa shape index (κ3) is 1.47. The highest BCUT2D eigenvalue weighted by Crippen LogP contribution is 2.30. The second-order valence-electron chi connectivity index (χ2n) is 3.34. The zero-order chi connectivity index (χ0) is 9.26. The molecule has 1 aromatic rings. The van der Waals surface area contributed by atoms with Gasteiger partial charge in [0.05, 0.1) is 12.8 Å². The molecule has 70 valence electrons. The number of hydrogen-bond acceptors (Lipinski definition) is 3. The number of benzene rings is 1. The van der Waals surface area contributed by atoms with Gasteiger partial charge in [-0.05, 0) is 12.1 Å². The van der Waals surface area contributed by atoms with E-state index in [1.165, 1.54) is 0 Å². The smallest absolute Gasteiger partial charge is 0.142 e. The molecule has 0 aromatic heterocycles. The molecule has 1 aliphatic rings. The maximum Gasteiger partial charge on any atom is 0.142 e. The lowest BCUT2D eigenvalue weighted by molar-refractivity contribution is 0.409. The van der Waals surface area contributed by atoms with Crippen molar-refractivity contribution in [3.8, 4) is 5.75 Å². The van der Waals surface area contributed by atoms with Crippen molar-refractivity contribution in [1.82, 2.24) is 0 Å². The fourth-order valence-electron chi connectivity index (χ4n) is 1.60. The van der Waals surface area contributed by atoms with E-state index < -0.39 is 0 Å². The summed E-state index contributed by atoms with van der Waals surface area (Å²) in [5.74, 6) is 0.925. The molecule has 0 bridgehead atoms. The van der Waals surface area contributed by atoms with E-state index in [4.69, 9.17) is 10.5 Å². The van der Waals surface area contributed by atoms with Crippen molar-refractivity contribution in [2.24, 2.45) is 5.73 Å². The summed E-state index contributed by atoms with van der Waals surface area (Å²) in [5, 5.41) is 0. The molecule has 0 unspecified atom stereocenters. The highest BCUT2D eigenvalue weighted by atomic mass is 16.5. The van der Waals surface area contributed by atoms with Crippen LogP contribution in [0.3, 0.4) is 0 Å². The van der Waals surface area contributed by atoms with Gasteiger partial charge in [-0.25, -0.2) is 0 Å². The molecule has 1 aromatic carbocycles. The van der Waals surface area contributed by atoms with Crippen LogP contribution >= 0.6 is 0 Å². The molecule has 0 radical (unpaired) electrons. The lowest BCUT2D eigenvalue weighted by Gasteiger charge is -2.39. The number of nitrogens with two attached hydrogens (primary N) is 1. The SMILES string of the molecule is COc1ccccc1N1CC(N)C1. The summed E-state index contributed by atoms with van der Waals surface area (Å²) in [7, 11) is 1.69. The van der Waals surface area contributed by atoms with Crippen LogP contribution in [0, 0.1) is 0 Å². The maximum absolute atomic E-state index is 5.72. The van der Waals surface area contributed by atoms with Crippen LogP contribution in [-0.2, 0) is 0 Å².